The van der Waals surface area contributed by atoms with Gasteiger partial charge in [0.2, 0.25) is 5.88 Å². The average molecular weight is 372 g/mol. The summed E-state index contributed by atoms with van der Waals surface area (Å²) in [6.07, 6.45) is 1.50. The number of anilines is 1. The molecule has 26 heavy (non-hydrogen) atoms. The molecule has 3 aromatic rings. The highest BCUT2D eigenvalue weighted by atomic mass is 32.2. The van der Waals surface area contributed by atoms with Crippen molar-refractivity contribution in [1.29, 1.82) is 0 Å². The fourth-order valence-electron chi connectivity index (χ4n) is 2.88. The average Bonchev–Trinajstić information content (AvgIpc) is 3.01. The second-order valence-corrected chi connectivity index (χ2v) is 7.75. The van der Waals surface area contributed by atoms with Crippen LogP contribution < -0.4 is 9.46 Å². The number of sulfonamides is 1. The number of aryl methyl sites for hydroxylation is 3. The molecule has 0 fully saturated rings. The van der Waals surface area contributed by atoms with Crippen molar-refractivity contribution in [1.82, 2.24) is 5.16 Å². The molecule has 2 aromatic carbocycles. The first-order chi connectivity index (χ1) is 12.3. The quantitative estimate of drug-likeness (QED) is 0.730. The lowest BCUT2D eigenvalue weighted by molar-refractivity contribution is 0.413. The lowest BCUT2D eigenvalue weighted by Crippen LogP contribution is -2.16. The zero-order valence-electron chi connectivity index (χ0n) is 15.0. The maximum absolute atomic E-state index is 12.9. The number of nitrogens with zero attached hydrogens (tertiary/aromatic N) is 1. The molecule has 0 amide bonds. The molecule has 1 N–H and O–H groups in total. The number of aromatic nitrogens is 1. The summed E-state index contributed by atoms with van der Waals surface area (Å²) in [5.74, 6) is 0.697. The van der Waals surface area contributed by atoms with Crippen LogP contribution in [0.15, 0.2) is 52.0 Å². The Labute approximate surface area is 152 Å². The summed E-state index contributed by atoms with van der Waals surface area (Å²) >= 11 is 0. The third kappa shape index (κ3) is 3.43. The summed E-state index contributed by atoms with van der Waals surface area (Å²) < 4.78 is 38.8. The maximum atomic E-state index is 12.9. The Morgan fingerprint density at radius 1 is 1.04 bits per heavy atom. The van der Waals surface area contributed by atoms with Crippen molar-refractivity contribution in [2.24, 2.45) is 0 Å². The number of rotatable bonds is 5. The number of hydrogen-bond acceptors (Lipinski definition) is 5. The summed E-state index contributed by atoms with van der Waals surface area (Å²) in [6.45, 7) is 5.44. The Morgan fingerprint density at radius 2 is 1.65 bits per heavy atom. The molecule has 0 unspecified atom stereocenters. The lowest BCUT2D eigenvalue weighted by Gasteiger charge is -2.13. The second kappa shape index (κ2) is 6.84. The van der Waals surface area contributed by atoms with Gasteiger partial charge < -0.3 is 9.26 Å². The lowest BCUT2D eigenvalue weighted by atomic mass is 10.1. The summed E-state index contributed by atoms with van der Waals surface area (Å²) in [7, 11) is -2.30. The zero-order chi connectivity index (χ0) is 18.9. The van der Waals surface area contributed by atoms with Crippen LogP contribution in [0.3, 0.4) is 0 Å². The van der Waals surface area contributed by atoms with Crippen LogP contribution in [0.2, 0.25) is 0 Å². The number of hydrogen-bond donors (Lipinski definition) is 1. The molecule has 0 radical (unpaired) electrons. The van der Waals surface area contributed by atoms with Crippen LogP contribution >= 0.6 is 0 Å². The SMILES string of the molecule is COc1cc(C)c(S(=O)(=O)Nc2oncc2-c2ccc(C)cc2)c(C)c1. The van der Waals surface area contributed by atoms with E-state index in [4.69, 9.17) is 9.26 Å². The van der Waals surface area contributed by atoms with E-state index >= 15 is 0 Å². The van der Waals surface area contributed by atoms with Crippen molar-refractivity contribution in [3.05, 3.63) is 59.3 Å². The van der Waals surface area contributed by atoms with Crippen molar-refractivity contribution in [2.75, 3.05) is 11.8 Å². The van der Waals surface area contributed by atoms with Crippen LogP contribution in [0.1, 0.15) is 16.7 Å². The van der Waals surface area contributed by atoms with Gasteiger partial charge in [0, 0.05) is 0 Å². The molecule has 0 aliphatic carbocycles. The van der Waals surface area contributed by atoms with Crippen molar-refractivity contribution in [2.45, 2.75) is 25.7 Å². The molecule has 3 rings (SSSR count). The summed E-state index contributed by atoms with van der Waals surface area (Å²) in [6, 6.07) is 11.0. The number of methoxy groups -OCH3 is 1. The molecule has 1 aromatic heterocycles. The molecule has 0 bridgehead atoms. The molecule has 7 heteroatoms. The Bertz CT molecular complexity index is 1010. The number of nitrogens with one attached hydrogen (secondary N) is 1. The molecular formula is C19H20N2O4S. The van der Waals surface area contributed by atoms with Gasteiger partial charge in [-0.25, -0.2) is 13.1 Å². The predicted molar refractivity (Wildman–Crippen MR) is 100.0 cm³/mol. The Morgan fingerprint density at radius 3 is 2.23 bits per heavy atom. The number of benzene rings is 2. The smallest absolute Gasteiger partial charge is 0.264 e. The van der Waals surface area contributed by atoms with Gasteiger partial charge in [-0.1, -0.05) is 35.0 Å². The van der Waals surface area contributed by atoms with E-state index in [1.807, 2.05) is 31.2 Å². The molecule has 0 saturated heterocycles. The Hall–Kier alpha value is -2.80. The van der Waals surface area contributed by atoms with Crippen molar-refractivity contribution >= 4 is 15.9 Å². The highest BCUT2D eigenvalue weighted by Crippen LogP contribution is 2.32. The molecular weight excluding hydrogens is 352 g/mol. The highest BCUT2D eigenvalue weighted by Gasteiger charge is 2.24. The van der Waals surface area contributed by atoms with Gasteiger partial charge in [0.1, 0.15) is 5.75 Å². The number of ether oxygens (including phenoxy) is 1. The van der Waals surface area contributed by atoms with E-state index in [9.17, 15) is 8.42 Å². The van der Waals surface area contributed by atoms with Crippen molar-refractivity contribution in [3.63, 3.8) is 0 Å². The summed E-state index contributed by atoms with van der Waals surface area (Å²) in [4.78, 5) is 0.199. The van der Waals surface area contributed by atoms with E-state index in [0.29, 0.717) is 22.4 Å². The molecule has 136 valence electrons. The minimum absolute atomic E-state index is 0.0865. The first-order valence-electron chi connectivity index (χ1n) is 8.01. The molecule has 0 saturated carbocycles. The second-order valence-electron chi connectivity index (χ2n) is 6.13. The van der Waals surface area contributed by atoms with Crippen LogP contribution in [0, 0.1) is 20.8 Å². The van der Waals surface area contributed by atoms with Gasteiger partial charge in [-0.05, 0) is 49.6 Å². The van der Waals surface area contributed by atoms with Gasteiger partial charge >= 0.3 is 0 Å². The predicted octanol–water partition coefficient (Wildman–Crippen LogP) is 4.08. The highest BCUT2D eigenvalue weighted by molar-refractivity contribution is 7.92. The largest absolute Gasteiger partial charge is 0.497 e. The Kier molecular flexibility index (Phi) is 4.73. The molecule has 0 aliphatic rings. The monoisotopic (exact) mass is 372 g/mol. The summed E-state index contributed by atoms with van der Waals surface area (Å²) in [5.41, 5.74) is 3.68. The van der Waals surface area contributed by atoms with Gasteiger partial charge in [0.05, 0.1) is 23.8 Å². The molecule has 6 nitrogen and oxygen atoms in total. The fraction of sp³-hybridized carbons (Fsp3) is 0.211. The normalized spacial score (nSPS) is 11.4. The van der Waals surface area contributed by atoms with Crippen LogP contribution in [0.4, 0.5) is 5.88 Å². The molecule has 0 aliphatic heterocycles. The third-order valence-electron chi connectivity index (χ3n) is 4.10. The first-order valence-corrected chi connectivity index (χ1v) is 9.50. The van der Waals surface area contributed by atoms with Crippen molar-refractivity contribution in [3.8, 4) is 16.9 Å². The van der Waals surface area contributed by atoms with Gasteiger partial charge in [-0.2, -0.15) is 0 Å². The Balaban J connectivity index is 2.00. The molecule has 0 spiro atoms. The zero-order valence-corrected chi connectivity index (χ0v) is 15.8. The third-order valence-corrected chi connectivity index (χ3v) is 5.73. The first kappa shape index (κ1) is 18.0. The van der Waals surface area contributed by atoms with E-state index in [1.165, 1.54) is 6.20 Å². The van der Waals surface area contributed by atoms with Crippen LogP contribution in [-0.4, -0.2) is 20.7 Å². The van der Waals surface area contributed by atoms with E-state index < -0.39 is 10.0 Å². The standard InChI is InChI=1S/C19H20N2O4S/c1-12-5-7-15(8-6-12)17-11-20-25-19(17)21-26(22,23)18-13(2)9-16(24-4)10-14(18)3/h5-11,21H,1-4H3. The van der Waals surface area contributed by atoms with Crippen LogP contribution in [-0.2, 0) is 10.0 Å². The van der Waals surface area contributed by atoms with E-state index in [0.717, 1.165) is 11.1 Å². The van der Waals surface area contributed by atoms with Gasteiger partial charge in [0.25, 0.3) is 10.0 Å². The summed E-state index contributed by atoms with van der Waals surface area (Å²) in [5, 5.41) is 3.75. The van der Waals surface area contributed by atoms with Gasteiger partial charge in [-0.15, -0.1) is 0 Å². The molecule has 0 atom stereocenters. The van der Waals surface area contributed by atoms with E-state index in [1.54, 1.807) is 33.1 Å². The van der Waals surface area contributed by atoms with Crippen molar-refractivity contribution < 1.29 is 17.7 Å². The minimum atomic E-state index is -3.85. The van der Waals surface area contributed by atoms with Gasteiger partial charge in [-0.3, -0.25) is 0 Å². The molecule has 1 heterocycles. The topological polar surface area (TPSA) is 81.4 Å². The minimum Gasteiger partial charge on any atom is -0.497 e. The van der Waals surface area contributed by atoms with E-state index in [-0.39, 0.29) is 10.8 Å². The maximum Gasteiger partial charge on any atom is 0.264 e. The fourth-order valence-corrected chi connectivity index (χ4v) is 4.34. The van der Waals surface area contributed by atoms with Gasteiger partial charge in [0.15, 0.2) is 0 Å². The van der Waals surface area contributed by atoms with E-state index in [2.05, 4.69) is 9.88 Å². The van der Waals surface area contributed by atoms with Crippen LogP contribution in [0.25, 0.3) is 11.1 Å². The van der Waals surface area contributed by atoms with Crippen LogP contribution in [0.5, 0.6) is 5.75 Å².